The zero-order chi connectivity index (χ0) is 14.5. The largest absolute Gasteiger partial charge is 0.508 e. The first-order chi connectivity index (χ1) is 10.3. The molecule has 5 heteroatoms. The quantitative estimate of drug-likeness (QED) is 0.902. The molecule has 5 nitrogen and oxygen atoms in total. The Hall–Kier alpha value is -2.14. The van der Waals surface area contributed by atoms with Gasteiger partial charge in [-0.05, 0) is 31.5 Å². The number of rotatable bonds is 4. The molecule has 1 aliphatic rings. The van der Waals surface area contributed by atoms with Gasteiger partial charge in [-0.2, -0.15) is 0 Å². The topological polar surface area (TPSA) is 67.3 Å². The van der Waals surface area contributed by atoms with Gasteiger partial charge in [0.15, 0.2) is 11.6 Å². The molecule has 1 aromatic heterocycles. The number of aromatic hydroxyl groups is 1. The zero-order valence-electron chi connectivity index (χ0n) is 11.8. The molecule has 0 bridgehead atoms. The third kappa shape index (κ3) is 3.70. The number of piperidine rings is 1. The Morgan fingerprint density at radius 2 is 2.10 bits per heavy atom. The van der Waals surface area contributed by atoms with E-state index in [0.29, 0.717) is 24.2 Å². The molecule has 1 aliphatic heterocycles. The Morgan fingerprint density at radius 1 is 1.24 bits per heavy atom. The fourth-order valence-electron chi connectivity index (χ4n) is 2.45. The molecule has 2 N–H and O–H groups in total. The van der Waals surface area contributed by atoms with E-state index in [1.54, 1.807) is 30.6 Å². The molecule has 1 saturated heterocycles. The number of hydrogen-bond acceptors (Lipinski definition) is 5. The molecule has 1 unspecified atom stereocenters. The van der Waals surface area contributed by atoms with Crippen molar-refractivity contribution in [1.29, 1.82) is 0 Å². The minimum atomic E-state index is 0.208. The minimum Gasteiger partial charge on any atom is -0.508 e. The molecular weight excluding hydrogens is 266 g/mol. The van der Waals surface area contributed by atoms with Gasteiger partial charge in [0.2, 0.25) is 0 Å². The molecule has 0 radical (unpaired) electrons. The molecule has 3 rings (SSSR count). The zero-order valence-corrected chi connectivity index (χ0v) is 11.8. The highest BCUT2D eigenvalue weighted by Crippen LogP contribution is 2.20. The van der Waals surface area contributed by atoms with Crippen LogP contribution < -0.4 is 10.1 Å². The summed E-state index contributed by atoms with van der Waals surface area (Å²) in [5, 5.41) is 12.9. The average molecular weight is 285 g/mol. The lowest BCUT2D eigenvalue weighted by Crippen LogP contribution is -2.38. The van der Waals surface area contributed by atoms with Crippen LogP contribution in [-0.2, 0) is 0 Å². The highest BCUT2D eigenvalue weighted by molar-refractivity contribution is 5.57. The Kier molecular flexibility index (Phi) is 4.31. The Bertz CT molecular complexity index is 580. The monoisotopic (exact) mass is 285 g/mol. The Labute approximate surface area is 124 Å². The van der Waals surface area contributed by atoms with Crippen molar-refractivity contribution < 1.29 is 9.84 Å². The van der Waals surface area contributed by atoms with E-state index in [9.17, 15) is 5.11 Å². The molecule has 1 atom stereocenters. The fraction of sp³-hybridized carbons (Fsp3) is 0.375. The lowest BCUT2D eigenvalue weighted by atomic mass is 10.1. The van der Waals surface area contributed by atoms with Crippen LogP contribution in [0, 0.1) is 0 Å². The molecule has 0 spiro atoms. The van der Waals surface area contributed by atoms with Crippen molar-refractivity contribution in [3.8, 4) is 22.9 Å². The van der Waals surface area contributed by atoms with Gasteiger partial charge in [-0.1, -0.05) is 18.6 Å². The molecule has 0 amide bonds. The van der Waals surface area contributed by atoms with E-state index in [1.807, 2.05) is 6.07 Å². The summed E-state index contributed by atoms with van der Waals surface area (Å²) in [5.74, 6) is 1.46. The highest BCUT2D eigenvalue weighted by Gasteiger charge is 2.13. The molecular formula is C16H19N3O2. The van der Waals surface area contributed by atoms with Crippen LogP contribution in [0.25, 0.3) is 11.4 Å². The number of phenols is 1. The van der Waals surface area contributed by atoms with Crippen molar-refractivity contribution in [2.75, 3.05) is 13.2 Å². The van der Waals surface area contributed by atoms with Crippen LogP contribution >= 0.6 is 0 Å². The van der Waals surface area contributed by atoms with Crippen molar-refractivity contribution in [2.45, 2.75) is 25.3 Å². The summed E-state index contributed by atoms with van der Waals surface area (Å²) >= 11 is 0. The van der Waals surface area contributed by atoms with Crippen molar-refractivity contribution in [3.05, 3.63) is 36.7 Å². The molecule has 1 fully saturated rings. The highest BCUT2D eigenvalue weighted by atomic mass is 16.5. The lowest BCUT2D eigenvalue weighted by Gasteiger charge is -2.23. The molecule has 1 aromatic carbocycles. The van der Waals surface area contributed by atoms with Gasteiger partial charge >= 0.3 is 0 Å². The van der Waals surface area contributed by atoms with E-state index in [-0.39, 0.29) is 5.75 Å². The standard InChI is InChI=1S/C16H19N3O2/c20-14-6-3-4-12(8-14)16-18-9-15(10-19-16)21-11-13-5-1-2-7-17-13/h3-4,6,8-10,13,17,20H,1-2,5,7,11H2. The Balaban J connectivity index is 1.61. The second-order valence-corrected chi connectivity index (χ2v) is 5.25. The van der Waals surface area contributed by atoms with Gasteiger partial charge in [-0.3, -0.25) is 0 Å². The number of aromatic nitrogens is 2. The van der Waals surface area contributed by atoms with Crippen LogP contribution in [0.5, 0.6) is 11.5 Å². The van der Waals surface area contributed by atoms with Crippen LogP contribution in [0.15, 0.2) is 36.7 Å². The molecule has 21 heavy (non-hydrogen) atoms. The maximum Gasteiger partial charge on any atom is 0.159 e. The summed E-state index contributed by atoms with van der Waals surface area (Å²) in [6.07, 6.45) is 7.01. The Morgan fingerprint density at radius 3 is 2.81 bits per heavy atom. The SMILES string of the molecule is Oc1cccc(-c2ncc(OCC3CCCCN3)cn2)c1. The summed E-state index contributed by atoms with van der Waals surface area (Å²) in [4.78, 5) is 8.57. The van der Waals surface area contributed by atoms with Gasteiger partial charge in [-0.25, -0.2) is 9.97 Å². The number of ether oxygens (including phenoxy) is 1. The summed E-state index contributed by atoms with van der Waals surface area (Å²) in [5.41, 5.74) is 0.787. The smallest absolute Gasteiger partial charge is 0.159 e. The van der Waals surface area contributed by atoms with Gasteiger partial charge in [-0.15, -0.1) is 0 Å². The number of phenolic OH excluding ortho intramolecular Hbond substituents is 1. The van der Waals surface area contributed by atoms with Crippen molar-refractivity contribution in [3.63, 3.8) is 0 Å². The first-order valence-electron chi connectivity index (χ1n) is 7.29. The minimum absolute atomic E-state index is 0.208. The molecule has 2 aromatic rings. The van der Waals surface area contributed by atoms with Crippen LogP contribution in [-0.4, -0.2) is 34.3 Å². The van der Waals surface area contributed by atoms with E-state index in [0.717, 1.165) is 18.5 Å². The van der Waals surface area contributed by atoms with Crippen LogP contribution in [0.2, 0.25) is 0 Å². The lowest BCUT2D eigenvalue weighted by molar-refractivity contribution is 0.237. The van der Waals surface area contributed by atoms with Crippen molar-refractivity contribution in [2.24, 2.45) is 0 Å². The number of nitrogens with one attached hydrogen (secondary N) is 1. The van der Waals surface area contributed by atoms with E-state index in [1.165, 1.54) is 12.8 Å². The maximum atomic E-state index is 9.47. The van der Waals surface area contributed by atoms with E-state index < -0.39 is 0 Å². The number of benzene rings is 1. The second kappa shape index (κ2) is 6.54. The van der Waals surface area contributed by atoms with Crippen LogP contribution in [0.4, 0.5) is 0 Å². The maximum absolute atomic E-state index is 9.47. The molecule has 0 saturated carbocycles. The van der Waals surface area contributed by atoms with Crippen molar-refractivity contribution in [1.82, 2.24) is 15.3 Å². The number of hydrogen-bond donors (Lipinski definition) is 2. The van der Waals surface area contributed by atoms with Crippen LogP contribution in [0.3, 0.4) is 0 Å². The van der Waals surface area contributed by atoms with Crippen LogP contribution in [0.1, 0.15) is 19.3 Å². The first kappa shape index (κ1) is 13.8. The second-order valence-electron chi connectivity index (χ2n) is 5.25. The molecule has 110 valence electrons. The third-order valence-corrected chi connectivity index (χ3v) is 3.60. The van der Waals surface area contributed by atoms with Crippen molar-refractivity contribution >= 4 is 0 Å². The molecule has 0 aliphatic carbocycles. The van der Waals surface area contributed by atoms with Gasteiger partial charge in [0.1, 0.15) is 12.4 Å². The predicted molar refractivity (Wildman–Crippen MR) is 80.3 cm³/mol. The summed E-state index contributed by atoms with van der Waals surface area (Å²) < 4.78 is 5.72. The average Bonchev–Trinajstić information content (AvgIpc) is 2.54. The summed E-state index contributed by atoms with van der Waals surface area (Å²) in [6, 6.07) is 7.32. The van der Waals surface area contributed by atoms with E-state index >= 15 is 0 Å². The van der Waals surface area contributed by atoms with E-state index in [2.05, 4.69) is 15.3 Å². The first-order valence-corrected chi connectivity index (χ1v) is 7.29. The van der Waals surface area contributed by atoms with E-state index in [4.69, 9.17) is 4.74 Å². The van der Waals surface area contributed by atoms with Gasteiger partial charge in [0.25, 0.3) is 0 Å². The molecule has 2 heterocycles. The fourth-order valence-corrected chi connectivity index (χ4v) is 2.45. The summed E-state index contributed by atoms with van der Waals surface area (Å²) in [6.45, 7) is 1.72. The normalized spacial score (nSPS) is 18.4. The number of nitrogens with zero attached hydrogens (tertiary/aromatic N) is 2. The van der Waals surface area contributed by atoms with Gasteiger partial charge in [0, 0.05) is 11.6 Å². The van der Waals surface area contributed by atoms with Gasteiger partial charge in [0.05, 0.1) is 12.4 Å². The predicted octanol–water partition coefficient (Wildman–Crippen LogP) is 2.37. The third-order valence-electron chi connectivity index (χ3n) is 3.60. The summed E-state index contributed by atoms with van der Waals surface area (Å²) in [7, 11) is 0. The van der Waals surface area contributed by atoms with Gasteiger partial charge < -0.3 is 15.2 Å².